The maximum absolute atomic E-state index is 11.5. The van der Waals surface area contributed by atoms with Crippen LogP contribution in [0.15, 0.2) is 24.3 Å². The van der Waals surface area contributed by atoms with Gasteiger partial charge >= 0.3 is 5.97 Å². The summed E-state index contributed by atoms with van der Waals surface area (Å²) in [7, 11) is 1.41. The molecule has 1 saturated heterocycles. The summed E-state index contributed by atoms with van der Waals surface area (Å²) in [4.78, 5) is 11.5. The molecular weight excluding hydrogens is 254 g/mol. The van der Waals surface area contributed by atoms with Crippen molar-refractivity contribution in [2.45, 2.75) is 24.8 Å². The summed E-state index contributed by atoms with van der Waals surface area (Å²) in [5, 5.41) is 12.4. The van der Waals surface area contributed by atoms with Crippen LogP contribution in [0.2, 0.25) is 0 Å². The zero-order valence-electron chi connectivity index (χ0n) is 10.3. The van der Waals surface area contributed by atoms with Gasteiger partial charge < -0.3 is 15.2 Å². The fourth-order valence-corrected chi connectivity index (χ4v) is 2.29. The average molecular weight is 272 g/mol. The number of carbonyl (C=O) groups excluding carboxylic acids is 1. The Balaban J connectivity index is 0.00000162. The zero-order chi connectivity index (χ0) is 12.3. The first kappa shape index (κ1) is 14.8. The predicted molar refractivity (Wildman–Crippen MR) is 71.1 cm³/mol. The minimum Gasteiger partial charge on any atom is -0.508 e. The molecular formula is C13H18ClNO3. The number of aromatic hydroxyl groups is 1. The van der Waals surface area contributed by atoms with E-state index in [1.54, 1.807) is 12.1 Å². The highest BCUT2D eigenvalue weighted by molar-refractivity contribution is 5.85. The molecule has 2 rings (SSSR count). The first-order valence-corrected chi connectivity index (χ1v) is 5.81. The predicted octanol–water partition coefficient (Wildman–Crippen LogP) is 1.82. The Labute approximate surface area is 113 Å². The summed E-state index contributed by atoms with van der Waals surface area (Å²) in [5.41, 5.74) is 1.17. The first-order chi connectivity index (χ1) is 8.20. The van der Waals surface area contributed by atoms with E-state index in [0.717, 1.165) is 19.4 Å². The normalized spacial score (nSPS) is 22.9. The van der Waals surface area contributed by atoms with Crippen molar-refractivity contribution in [1.82, 2.24) is 5.32 Å². The van der Waals surface area contributed by atoms with Crippen molar-refractivity contribution in [3.63, 3.8) is 0 Å². The van der Waals surface area contributed by atoms with Crippen LogP contribution in [0.5, 0.6) is 5.75 Å². The van der Waals surface area contributed by atoms with Gasteiger partial charge in [-0.3, -0.25) is 4.79 Å². The zero-order valence-corrected chi connectivity index (χ0v) is 11.1. The Morgan fingerprint density at radius 1 is 1.39 bits per heavy atom. The Kier molecular flexibility index (Phi) is 5.44. The number of hydrogen-bond donors (Lipinski definition) is 2. The average Bonchev–Trinajstić information content (AvgIpc) is 2.39. The van der Waals surface area contributed by atoms with Gasteiger partial charge in [-0.05, 0) is 43.0 Å². The largest absolute Gasteiger partial charge is 0.508 e. The molecule has 1 fully saturated rings. The number of halogens is 1. The molecule has 1 heterocycles. The first-order valence-electron chi connectivity index (χ1n) is 5.81. The van der Waals surface area contributed by atoms with E-state index < -0.39 is 0 Å². The molecule has 4 nitrogen and oxygen atoms in total. The van der Waals surface area contributed by atoms with E-state index in [0.29, 0.717) is 5.92 Å². The minimum absolute atomic E-state index is 0. The van der Waals surface area contributed by atoms with E-state index in [2.05, 4.69) is 5.32 Å². The second-order valence-corrected chi connectivity index (χ2v) is 4.34. The van der Waals surface area contributed by atoms with Gasteiger partial charge in [0.1, 0.15) is 11.8 Å². The topological polar surface area (TPSA) is 58.6 Å². The Bertz CT molecular complexity index is 394. The number of benzene rings is 1. The number of ether oxygens (including phenoxy) is 1. The molecule has 1 aromatic rings. The van der Waals surface area contributed by atoms with Gasteiger partial charge in [-0.2, -0.15) is 0 Å². The molecule has 0 aromatic heterocycles. The third-order valence-corrected chi connectivity index (χ3v) is 3.25. The Hall–Kier alpha value is -1.26. The number of phenols is 1. The number of methoxy groups -OCH3 is 1. The molecule has 0 radical (unpaired) electrons. The number of carbonyl (C=O) groups is 1. The third kappa shape index (κ3) is 3.37. The number of piperidine rings is 1. The van der Waals surface area contributed by atoms with Crippen molar-refractivity contribution in [2.75, 3.05) is 13.7 Å². The van der Waals surface area contributed by atoms with Crippen LogP contribution in [0.3, 0.4) is 0 Å². The van der Waals surface area contributed by atoms with Crippen molar-refractivity contribution in [3.05, 3.63) is 29.8 Å². The standard InChI is InChI=1S/C13H17NO3.ClH/c1-17-13(16)12-8-10(6-7-14-12)9-2-4-11(15)5-3-9;/h2-5,10,12,14-15H,6-8H2,1H3;1H. The lowest BCUT2D eigenvalue weighted by Crippen LogP contribution is -2.43. The van der Waals surface area contributed by atoms with Crippen LogP contribution in [0.1, 0.15) is 24.3 Å². The highest BCUT2D eigenvalue weighted by atomic mass is 35.5. The van der Waals surface area contributed by atoms with Gasteiger partial charge in [-0.25, -0.2) is 0 Å². The van der Waals surface area contributed by atoms with E-state index in [1.165, 1.54) is 12.7 Å². The SMILES string of the molecule is COC(=O)C1CC(c2ccc(O)cc2)CCN1.Cl. The number of esters is 1. The number of phenolic OH excluding ortho intramolecular Hbond substituents is 1. The van der Waals surface area contributed by atoms with Crippen LogP contribution in [0.25, 0.3) is 0 Å². The lowest BCUT2D eigenvalue weighted by Gasteiger charge is -2.28. The van der Waals surface area contributed by atoms with E-state index in [1.807, 2.05) is 12.1 Å². The quantitative estimate of drug-likeness (QED) is 0.806. The molecule has 0 spiro atoms. The van der Waals surface area contributed by atoms with Crippen LogP contribution in [-0.2, 0) is 9.53 Å². The summed E-state index contributed by atoms with van der Waals surface area (Å²) in [6, 6.07) is 6.99. The smallest absolute Gasteiger partial charge is 0.322 e. The van der Waals surface area contributed by atoms with Crippen LogP contribution in [0, 0.1) is 0 Å². The van der Waals surface area contributed by atoms with Crippen LogP contribution >= 0.6 is 12.4 Å². The van der Waals surface area contributed by atoms with Crippen LogP contribution in [-0.4, -0.2) is 30.8 Å². The van der Waals surface area contributed by atoms with Crippen molar-refractivity contribution < 1.29 is 14.6 Å². The van der Waals surface area contributed by atoms with E-state index in [-0.39, 0.29) is 30.2 Å². The third-order valence-electron chi connectivity index (χ3n) is 3.25. The van der Waals surface area contributed by atoms with Crippen LogP contribution < -0.4 is 5.32 Å². The maximum atomic E-state index is 11.5. The highest BCUT2D eigenvalue weighted by Crippen LogP contribution is 2.29. The lowest BCUT2D eigenvalue weighted by atomic mass is 9.86. The van der Waals surface area contributed by atoms with E-state index >= 15 is 0 Å². The number of nitrogens with one attached hydrogen (secondary N) is 1. The summed E-state index contributed by atoms with van der Waals surface area (Å²) >= 11 is 0. The van der Waals surface area contributed by atoms with Crippen LogP contribution in [0.4, 0.5) is 0 Å². The van der Waals surface area contributed by atoms with Crippen molar-refractivity contribution in [1.29, 1.82) is 0 Å². The molecule has 5 heteroatoms. The lowest BCUT2D eigenvalue weighted by molar-refractivity contribution is -0.143. The maximum Gasteiger partial charge on any atom is 0.322 e. The summed E-state index contributed by atoms with van der Waals surface area (Å²) < 4.78 is 4.75. The molecule has 18 heavy (non-hydrogen) atoms. The molecule has 1 aliphatic rings. The summed E-state index contributed by atoms with van der Waals surface area (Å²) in [6.45, 7) is 0.811. The molecule has 1 aromatic carbocycles. The second kappa shape index (κ2) is 6.61. The van der Waals surface area contributed by atoms with Gasteiger partial charge in [0.2, 0.25) is 0 Å². The summed E-state index contributed by atoms with van der Waals surface area (Å²) in [5.74, 6) is 0.418. The van der Waals surface area contributed by atoms with Gasteiger partial charge in [0.25, 0.3) is 0 Å². The fourth-order valence-electron chi connectivity index (χ4n) is 2.29. The van der Waals surface area contributed by atoms with Gasteiger partial charge in [0.15, 0.2) is 0 Å². The number of rotatable bonds is 2. The monoisotopic (exact) mass is 271 g/mol. The van der Waals surface area contributed by atoms with Crippen molar-refractivity contribution in [3.8, 4) is 5.75 Å². The molecule has 100 valence electrons. The molecule has 0 aliphatic carbocycles. The van der Waals surface area contributed by atoms with Crippen molar-refractivity contribution in [2.24, 2.45) is 0 Å². The number of hydrogen-bond acceptors (Lipinski definition) is 4. The van der Waals surface area contributed by atoms with Crippen molar-refractivity contribution >= 4 is 18.4 Å². The van der Waals surface area contributed by atoms with Gasteiger partial charge in [0.05, 0.1) is 7.11 Å². The van der Waals surface area contributed by atoms with E-state index in [4.69, 9.17) is 4.74 Å². The highest BCUT2D eigenvalue weighted by Gasteiger charge is 2.28. The molecule has 0 amide bonds. The summed E-state index contributed by atoms with van der Waals surface area (Å²) in [6.07, 6.45) is 1.75. The molecule has 0 saturated carbocycles. The second-order valence-electron chi connectivity index (χ2n) is 4.34. The Morgan fingerprint density at radius 3 is 2.67 bits per heavy atom. The van der Waals surface area contributed by atoms with E-state index in [9.17, 15) is 9.90 Å². The minimum atomic E-state index is -0.215. The van der Waals surface area contributed by atoms with Gasteiger partial charge in [0, 0.05) is 0 Å². The fraction of sp³-hybridized carbons (Fsp3) is 0.462. The molecule has 2 N–H and O–H groups in total. The van der Waals surface area contributed by atoms with Gasteiger partial charge in [-0.15, -0.1) is 12.4 Å². The molecule has 0 bridgehead atoms. The van der Waals surface area contributed by atoms with Gasteiger partial charge in [-0.1, -0.05) is 12.1 Å². The molecule has 2 unspecified atom stereocenters. The molecule has 1 aliphatic heterocycles. The Morgan fingerprint density at radius 2 is 2.06 bits per heavy atom. The molecule has 2 atom stereocenters.